The molecule has 7 heteroatoms. The molecule has 0 N–H and O–H groups in total. The van der Waals surface area contributed by atoms with Crippen molar-refractivity contribution < 1.29 is 28.6 Å². The zero-order valence-electron chi connectivity index (χ0n) is 19.1. The number of esters is 2. The number of rotatable bonds is 3. The lowest BCUT2D eigenvalue weighted by Gasteiger charge is -2.25. The van der Waals surface area contributed by atoms with E-state index in [1.807, 2.05) is 44.2 Å². The lowest BCUT2D eigenvalue weighted by atomic mass is 9.84. The van der Waals surface area contributed by atoms with Crippen LogP contribution in [-0.2, 0) is 29.4 Å². The van der Waals surface area contributed by atoms with E-state index in [9.17, 15) is 14.4 Å². The van der Waals surface area contributed by atoms with Crippen molar-refractivity contribution in [1.82, 2.24) is 0 Å². The normalized spacial score (nSPS) is 19.8. The van der Waals surface area contributed by atoms with Gasteiger partial charge >= 0.3 is 11.9 Å². The Labute approximate surface area is 195 Å². The van der Waals surface area contributed by atoms with Gasteiger partial charge in [-0.05, 0) is 30.4 Å². The predicted octanol–water partition coefficient (Wildman–Crippen LogP) is 4.25. The molecule has 0 saturated carbocycles. The fourth-order valence-corrected chi connectivity index (χ4v) is 4.82. The second-order valence-corrected chi connectivity index (χ2v) is 8.21. The van der Waals surface area contributed by atoms with Crippen LogP contribution in [0.4, 0.5) is 5.69 Å². The van der Waals surface area contributed by atoms with Crippen molar-refractivity contribution in [2.75, 3.05) is 14.2 Å². The van der Waals surface area contributed by atoms with E-state index in [1.165, 1.54) is 14.2 Å². The van der Waals surface area contributed by atoms with E-state index in [0.717, 1.165) is 16.5 Å². The van der Waals surface area contributed by atoms with Crippen LogP contribution in [0.1, 0.15) is 27.0 Å². The third-order valence-corrected chi connectivity index (χ3v) is 6.35. The van der Waals surface area contributed by atoms with Crippen molar-refractivity contribution in [2.45, 2.75) is 19.4 Å². The topological polar surface area (TPSA) is 91.3 Å². The van der Waals surface area contributed by atoms with Gasteiger partial charge in [0.2, 0.25) is 17.3 Å². The number of hydrogen-bond acceptors (Lipinski definition) is 7. The van der Waals surface area contributed by atoms with Gasteiger partial charge in [-0.3, -0.25) is 4.79 Å². The van der Waals surface area contributed by atoms with Gasteiger partial charge < -0.3 is 14.2 Å². The van der Waals surface area contributed by atoms with E-state index in [4.69, 9.17) is 14.2 Å². The van der Waals surface area contributed by atoms with Crippen LogP contribution in [0.15, 0.2) is 70.7 Å². The van der Waals surface area contributed by atoms with Crippen LogP contribution in [-0.4, -0.2) is 37.8 Å². The number of carbonyl (C=O) groups excluding carboxylic acids is 3. The average molecular weight is 455 g/mol. The summed E-state index contributed by atoms with van der Waals surface area (Å²) in [5, 5.41) is 1.47. The first-order valence-corrected chi connectivity index (χ1v) is 10.7. The predicted molar refractivity (Wildman–Crippen MR) is 125 cm³/mol. The van der Waals surface area contributed by atoms with Gasteiger partial charge in [-0.25, -0.2) is 14.6 Å². The molecule has 0 fully saturated rings. The van der Waals surface area contributed by atoms with E-state index in [0.29, 0.717) is 22.2 Å². The lowest BCUT2D eigenvalue weighted by Crippen LogP contribution is -2.38. The minimum absolute atomic E-state index is 0.164. The zero-order chi connectivity index (χ0) is 24.2. The third-order valence-electron chi connectivity index (χ3n) is 6.35. The quantitative estimate of drug-likeness (QED) is 0.549. The first kappa shape index (κ1) is 21.6. The minimum Gasteiger partial charge on any atom is -0.466 e. The summed E-state index contributed by atoms with van der Waals surface area (Å²) in [5.74, 6) is -2.35. The summed E-state index contributed by atoms with van der Waals surface area (Å²) in [5.41, 5.74) is 0.728. The number of benzene rings is 3. The highest BCUT2D eigenvalue weighted by molar-refractivity contribution is 6.32. The van der Waals surface area contributed by atoms with Gasteiger partial charge in [-0.1, -0.05) is 54.6 Å². The minimum atomic E-state index is -1.91. The number of carbonyl (C=O) groups is 3. The molecule has 1 aliphatic heterocycles. The fraction of sp³-hybridized carbons (Fsp3) is 0.185. The highest BCUT2D eigenvalue weighted by atomic mass is 16.6. The van der Waals surface area contributed by atoms with E-state index in [1.54, 1.807) is 24.3 Å². The van der Waals surface area contributed by atoms with Gasteiger partial charge in [0.05, 0.1) is 19.9 Å². The molecule has 5 rings (SSSR count). The maximum absolute atomic E-state index is 13.9. The van der Waals surface area contributed by atoms with Crippen LogP contribution in [0.3, 0.4) is 0 Å². The van der Waals surface area contributed by atoms with Crippen LogP contribution in [0, 0.1) is 13.8 Å². The molecule has 1 aliphatic carbocycles. The summed E-state index contributed by atoms with van der Waals surface area (Å²) in [6, 6.07) is 16.3. The summed E-state index contributed by atoms with van der Waals surface area (Å²) < 4.78 is 16.3. The largest absolute Gasteiger partial charge is 0.466 e. The van der Waals surface area contributed by atoms with Crippen LogP contribution < -0.4 is 0 Å². The molecule has 1 spiro atoms. The molecule has 0 saturated heterocycles. The maximum atomic E-state index is 13.9. The zero-order valence-corrected chi connectivity index (χ0v) is 19.1. The molecular formula is C27H21NO6. The number of ketones is 1. The molecule has 0 amide bonds. The number of para-hydroxylation sites is 1. The molecule has 0 aromatic heterocycles. The smallest absolute Gasteiger partial charge is 0.344 e. The number of aliphatic imine (C=N–C) groups is 1. The number of aryl methyl sites for hydroxylation is 2. The Morgan fingerprint density at radius 1 is 0.882 bits per heavy atom. The van der Waals surface area contributed by atoms with E-state index < -0.39 is 23.3 Å². The van der Waals surface area contributed by atoms with Gasteiger partial charge in [0.1, 0.15) is 11.1 Å². The second-order valence-electron chi connectivity index (χ2n) is 8.21. The van der Waals surface area contributed by atoms with E-state index in [2.05, 4.69) is 4.99 Å². The molecule has 0 radical (unpaired) electrons. The molecular weight excluding hydrogens is 434 g/mol. The van der Waals surface area contributed by atoms with E-state index in [-0.39, 0.29) is 17.0 Å². The second kappa shape index (κ2) is 7.66. The molecule has 34 heavy (non-hydrogen) atoms. The molecule has 1 atom stereocenters. The van der Waals surface area contributed by atoms with Crippen molar-refractivity contribution in [1.29, 1.82) is 0 Å². The Hall–Kier alpha value is -4.26. The van der Waals surface area contributed by atoms with Gasteiger partial charge in [0, 0.05) is 16.5 Å². The summed E-state index contributed by atoms with van der Waals surface area (Å²) in [6.07, 6.45) is 0. The van der Waals surface area contributed by atoms with Crippen LogP contribution in [0.5, 0.6) is 0 Å². The Kier molecular flexibility index (Phi) is 4.86. The van der Waals surface area contributed by atoms with Crippen LogP contribution in [0.25, 0.3) is 10.8 Å². The van der Waals surface area contributed by atoms with Crippen molar-refractivity contribution in [2.24, 2.45) is 4.99 Å². The molecule has 170 valence electrons. The van der Waals surface area contributed by atoms with Crippen molar-refractivity contribution in [3.05, 3.63) is 88.0 Å². The van der Waals surface area contributed by atoms with Crippen molar-refractivity contribution >= 4 is 40.1 Å². The first-order valence-electron chi connectivity index (χ1n) is 10.7. The Morgan fingerprint density at radius 2 is 1.50 bits per heavy atom. The van der Waals surface area contributed by atoms with E-state index >= 15 is 0 Å². The summed E-state index contributed by atoms with van der Waals surface area (Å²) in [7, 11) is 2.38. The first-order chi connectivity index (χ1) is 16.3. The molecule has 0 bridgehead atoms. The molecule has 1 heterocycles. The lowest BCUT2D eigenvalue weighted by molar-refractivity contribution is -0.139. The Morgan fingerprint density at radius 3 is 2.15 bits per heavy atom. The number of ether oxygens (including phenoxy) is 3. The van der Waals surface area contributed by atoms with Crippen LogP contribution >= 0.6 is 0 Å². The number of hydrogen-bond donors (Lipinski definition) is 0. The Balaban J connectivity index is 1.88. The number of methoxy groups -OCH3 is 2. The maximum Gasteiger partial charge on any atom is 0.344 e. The van der Waals surface area contributed by atoms with Gasteiger partial charge in [-0.2, -0.15) is 0 Å². The van der Waals surface area contributed by atoms with Crippen molar-refractivity contribution in [3.8, 4) is 0 Å². The molecule has 1 unspecified atom stereocenters. The molecule has 3 aromatic carbocycles. The third kappa shape index (κ3) is 2.76. The fourth-order valence-electron chi connectivity index (χ4n) is 4.82. The van der Waals surface area contributed by atoms with Crippen LogP contribution in [0.2, 0.25) is 0 Å². The highest BCUT2D eigenvalue weighted by Crippen LogP contribution is 2.52. The molecule has 3 aromatic rings. The summed E-state index contributed by atoms with van der Waals surface area (Å²) in [4.78, 5) is 44.8. The number of Topliss-reactive ketones (excluding diaryl/α,β-unsaturated/α-hetero) is 1. The monoisotopic (exact) mass is 455 g/mol. The van der Waals surface area contributed by atoms with Gasteiger partial charge in [0.25, 0.3) is 0 Å². The van der Waals surface area contributed by atoms with Gasteiger partial charge in [0.15, 0.2) is 0 Å². The number of fused-ring (bicyclic) bond motifs is 1. The summed E-state index contributed by atoms with van der Waals surface area (Å²) >= 11 is 0. The molecule has 7 nitrogen and oxygen atoms in total. The standard InChI is InChI=1S/C27H21NO6/c1-14-8-5-9-15(2)22(14)28-24-20(25(30)32-3)21(26(31)33-4)27(34-24)18-13-7-11-16-10-6-12-17(19(16)18)23(27)29/h5-13H,1-4H3. The van der Waals surface area contributed by atoms with Crippen molar-refractivity contribution in [3.63, 3.8) is 0 Å². The highest BCUT2D eigenvalue weighted by Gasteiger charge is 2.62. The molecule has 2 aliphatic rings. The summed E-state index contributed by atoms with van der Waals surface area (Å²) in [6.45, 7) is 3.74. The average Bonchev–Trinajstić information content (AvgIpc) is 3.31. The van der Waals surface area contributed by atoms with Gasteiger partial charge in [-0.15, -0.1) is 0 Å². The number of nitrogens with zero attached hydrogens (tertiary/aromatic N) is 1. The SMILES string of the molecule is COC(=O)C1=C(C(=O)OC)C2(OC1=Nc1c(C)cccc1C)C(=O)c1cccc3cccc2c13. The Bertz CT molecular complexity index is 1460.